The van der Waals surface area contributed by atoms with E-state index in [1.807, 2.05) is 13.8 Å². The lowest BCUT2D eigenvalue weighted by molar-refractivity contribution is 0.402. The lowest BCUT2D eigenvalue weighted by Gasteiger charge is -2.21. The van der Waals surface area contributed by atoms with Crippen LogP contribution in [0.1, 0.15) is 43.9 Å². The van der Waals surface area contributed by atoms with E-state index < -0.39 is 17.7 Å². The van der Waals surface area contributed by atoms with Gasteiger partial charge >= 0.3 is 0 Å². The van der Waals surface area contributed by atoms with Crippen LogP contribution in [0.3, 0.4) is 0 Å². The molecule has 0 spiro atoms. The Bertz CT molecular complexity index is 363. The standard InChI is InChI=1S/C13H19F2N/c1-4-5-9(3)13(16)11-10(14)7-6-8(2)12(11)15/h6-7,9,13H,4-5,16H2,1-3H3. The zero-order valence-corrected chi connectivity index (χ0v) is 10.1. The minimum atomic E-state index is -0.570. The molecule has 0 aliphatic carbocycles. The third-order valence-corrected chi connectivity index (χ3v) is 3.01. The molecule has 0 saturated carbocycles. The van der Waals surface area contributed by atoms with Crippen molar-refractivity contribution < 1.29 is 8.78 Å². The van der Waals surface area contributed by atoms with Crippen molar-refractivity contribution in [1.29, 1.82) is 0 Å². The van der Waals surface area contributed by atoms with Crippen molar-refractivity contribution in [2.75, 3.05) is 0 Å². The van der Waals surface area contributed by atoms with Gasteiger partial charge in [0.05, 0.1) is 0 Å². The molecular formula is C13H19F2N. The third-order valence-electron chi connectivity index (χ3n) is 3.01. The fourth-order valence-corrected chi connectivity index (χ4v) is 1.90. The zero-order valence-electron chi connectivity index (χ0n) is 10.1. The maximum absolute atomic E-state index is 13.8. The van der Waals surface area contributed by atoms with Crippen LogP contribution in [0, 0.1) is 24.5 Å². The summed E-state index contributed by atoms with van der Waals surface area (Å²) in [6.45, 7) is 5.58. The highest BCUT2D eigenvalue weighted by molar-refractivity contribution is 5.29. The van der Waals surface area contributed by atoms with Gasteiger partial charge in [-0.15, -0.1) is 0 Å². The normalized spacial score (nSPS) is 14.9. The Hall–Kier alpha value is -0.960. The highest BCUT2D eigenvalue weighted by Crippen LogP contribution is 2.28. The van der Waals surface area contributed by atoms with E-state index in [0.717, 1.165) is 12.8 Å². The summed E-state index contributed by atoms with van der Waals surface area (Å²) in [5.74, 6) is -0.968. The zero-order chi connectivity index (χ0) is 12.3. The number of aryl methyl sites for hydroxylation is 1. The van der Waals surface area contributed by atoms with Crippen LogP contribution in [0.25, 0.3) is 0 Å². The molecule has 0 amide bonds. The monoisotopic (exact) mass is 227 g/mol. The predicted molar refractivity (Wildman–Crippen MR) is 62.1 cm³/mol. The topological polar surface area (TPSA) is 26.0 Å². The third kappa shape index (κ3) is 2.59. The van der Waals surface area contributed by atoms with Gasteiger partial charge in [-0.25, -0.2) is 8.78 Å². The predicted octanol–water partition coefficient (Wildman–Crippen LogP) is 3.71. The first-order chi connectivity index (χ1) is 7.49. The first-order valence-electron chi connectivity index (χ1n) is 5.69. The summed E-state index contributed by atoms with van der Waals surface area (Å²) < 4.78 is 27.4. The van der Waals surface area contributed by atoms with Crippen LogP contribution in [0.5, 0.6) is 0 Å². The Labute approximate surface area is 95.7 Å². The molecule has 1 rings (SSSR count). The Balaban J connectivity index is 3.07. The SMILES string of the molecule is CCCC(C)C(N)c1c(F)ccc(C)c1F. The second kappa shape index (κ2) is 5.39. The first kappa shape index (κ1) is 13.1. The van der Waals surface area contributed by atoms with E-state index in [1.165, 1.54) is 12.1 Å². The van der Waals surface area contributed by atoms with E-state index in [1.54, 1.807) is 6.92 Å². The van der Waals surface area contributed by atoms with Crippen LogP contribution in [-0.4, -0.2) is 0 Å². The van der Waals surface area contributed by atoms with E-state index in [0.29, 0.717) is 5.56 Å². The average Bonchev–Trinajstić information content (AvgIpc) is 2.24. The van der Waals surface area contributed by atoms with Gasteiger partial charge < -0.3 is 5.73 Å². The molecule has 0 fully saturated rings. The molecule has 0 aliphatic heterocycles. The van der Waals surface area contributed by atoms with Crippen molar-refractivity contribution in [2.45, 2.75) is 39.7 Å². The molecule has 1 nitrogen and oxygen atoms in total. The molecule has 90 valence electrons. The quantitative estimate of drug-likeness (QED) is 0.833. The largest absolute Gasteiger partial charge is 0.324 e. The number of hydrogen-bond acceptors (Lipinski definition) is 1. The van der Waals surface area contributed by atoms with Gasteiger partial charge in [0.15, 0.2) is 0 Å². The second-order valence-corrected chi connectivity index (χ2v) is 4.38. The molecule has 2 N–H and O–H groups in total. The van der Waals surface area contributed by atoms with Gasteiger partial charge in [-0.3, -0.25) is 0 Å². The molecule has 2 atom stereocenters. The number of nitrogens with two attached hydrogens (primary N) is 1. The van der Waals surface area contributed by atoms with Gasteiger partial charge in [-0.05, 0) is 30.9 Å². The number of halogens is 2. The van der Waals surface area contributed by atoms with Crippen molar-refractivity contribution in [3.63, 3.8) is 0 Å². The summed E-state index contributed by atoms with van der Waals surface area (Å²) in [6, 6.07) is 2.15. The lowest BCUT2D eigenvalue weighted by Crippen LogP contribution is -2.22. The molecule has 0 saturated heterocycles. The Morgan fingerprint density at radius 3 is 2.50 bits per heavy atom. The lowest BCUT2D eigenvalue weighted by atomic mass is 9.90. The van der Waals surface area contributed by atoms with Crippen LogP contribution in [0.15, 0.2) is 12.1 Å². The Kier molecular flexibility index (Phi) is 4.42. The molecule has 1 aromatic rings. The minimum Gasteiger partial charge on any atom is -0.324 e. The molecule has 2 unspecified atom stereocenters. The van der Waals surface area contributed by atoms with Gasteiger partial charge in [0.1, 0.15) is 11.6 Å². The van der Waals surface area contributed by atoms with Crippen LogP contribution in [0.4, 0.5) is 8.78 Å². The van der Waals surface area contributed by atoms with Gasteiger partial charge in [0, 0.05) is 11.6 Å². The molecule has 1 aromatic carbocycles. The van der Waals surface area contributed by atoms with Crippen LogP contribution >= 0.6 is 0 Å². The summed E-state index contributed by atoms with van der Waals surface area (Å²) in [4.78, 5) is 0. The maximum Gasteiger partial charge on any atom is 0.133 e. The van der Waals surface area contributed by atoms with Crippen molar-refractivity contribution in [3.8, 4) is 0 Å². The Morgan fingerprint density at radius 1 is 1.31 bits per heavy atom. The van der Waals surface area contributed by atoms with E-state index in [2.05, 4.69) is 0 Å². The van der Waals surface area contributed by atoms with E-state index in [4.69, 9.17) is 5.73 Å². The van der Waals surface area contributed by atoms with Crippen LogP contribution < -0.4 is 5.73 Å². The molecule has 0 heterocycles. The summed E-state index contributed by atoms with van der Waals surface area (Å²) in [5.41, 5.74) is 6.38. The van der Waals surface area contributed by atoms with E-state index in [-0.39, 0.29) is 11.5 Å². The fraction of sp³-hybridized carbons (Fsp3) is 0.538. The molecule has 0 radical (unpaired) electrons. The summed E-state index contributed by atoms with van der Waals surface area (Å²) in [5, 5.41) is 0. The number of benzene rings is 1. The van der Waals surface area contributed by atoms with E-state index >= 15 is 0 Å². The Morgan fingerprint density at radius 2 is 1.94 bits per heavy atom. The summed E-state index contributed by atoms with van der Waals surface area (Å²) in [7, 11) is 0. The van der Waals surface area contributed by atoms with Crippen molar-refractivity contribution in [2.24, 2.45) is 11.7 Å². The highest BCUT2D eigenvalue weighted by Gasteiger charge is 2.22. The molecule has 0 aromatic heterocycles. The average molecular weight is 227 g/mol. The van der Waals surface area contributed by atoms with Gasteiger partial charge in [-0.1, -0.05) is 26.3 Å². The van der Waals surface area contributed by atoms with Crippen molar-refractivity contribution in [3.05, 3.63) is 34.9 Å². The van der Waals surface area contributed by atoms with Gasteiger partial charge in [0.25, 0.3) is 0 Å². The molecule has 0 bridgehead atoms. The minimum absolute atomic E-state index is 0.0287. The van der Waals surface area contributed by atoms with Crippen molar-refractivity contribution in [1.82, 2.24) is 0 Å². The smallest absolute Gasteiger partial charge is 0.133 e. The molecular weight excluding hydrogens is 208 g/mol. The van der Waals surface area contributed by atoms with Crippen LogP contribution in [0.2, 0.25) is 0 Å². The molecule has 16 heavy (non-hydrogen) atoms. The maximum atomic E-state index is 13.8. The number of hydrogen-bond donors (Lipinski definition) is 1. The second-order valence-electron chi connectivity index (χ2n) is 4.38. The molecule has 0 aliphatic rings. The molecule has 3 heteroatoms. The van der Waals surface area contributed by atoms with Gasteiger partial charge in [0.2, 0.25) is 0 Å². The summed E-state index contributed by atoms with van der Waals surface area (Å²) in [6.07, 6.45) is 1.83. The highest BCUT2D eigenvalue weighted by atomic mass is 19.1. The van der Waals surface area contributed by atoms with Crippen LogP contribution in [-0.2, 0) is 0 Å². The van der Waals surface area contributed by atoms with Gasteiger partial charge in [-0.2, -0.15) is 0 Å². The van der Waals surface area contributed by atoms with Crippen molar-refractivity contribution >= 4 is 0 Å². The number of rotatable bonds is 4. The summed E-state index contributed by atoms with van der Waals surface area (Å²) >= 11 is 0. The first-order valence-corrected chi connectivity index (χ1v) is 5.69. The van der Waals surface area contributed by atoms with E-state index in [9.17, 15) is 8.78 Å². The fourth-order valence-electron chi connectivity index (χ4n) is 1.90.